The maximum absolute atomic E-state index is 13.0. The molecule has 0 aliphatic carbocycles. The zero-order valence-electron chi connectivity index (χ0n) is 10.6. The van der Waals surface area contributed by atoms with Gasteiger partial charge in [-0.2, -0.15) is 4.98 Å². The van der Waals surface area contributed by atoms with Crippen LogP contribution in [-0.2, 0) is 4.74 Å². The standard InChI is InChI=1S/C13H15FN4O/c1-19-8-7-15-12-5-6-16-13(18-12)17-11-4-2-3-10(14)9-11/h2-6,9H,7-8H2,1H3,(H2,15,16,17,18). The van der Waals surface area contributed by atoms with Crippen LogP contribution in [0.25, 0.3) is 0 Å². The van der Waals surface area contributed by atoms with Crippen LogP contribution in [0.4, 0.5) is 21.8 Å². The number of ether oxygens (including phenoxy) is 1. The number of methoxy groups -OCH3 is 1. The van der Waals surface area contributed by atoms with E-state index in [4.69, 9.17) is 4.74 Å². The van der Waals surface area contributed by atoms with Gasteiger partial charge in [-0.3, -0.25) is 0 Å². The number of hydrogen-bond acceptors (Lipinski definition) is 5. The fraction of sp³-hybridized carbons (Fsp3) is 0.231. The monoisotopic (exact) mass is 262 g/mol. The Morgan fingerprint density at radius 1 is 1.32 bits per heavy atom. The minimum absolute atomic E-state index is 0.306. The van der Waals surface area contributed by atoms with Crippen LogP contribution in [0.15, 0.2) is 36.5 Å². The summed E-state index contributed by atoms with van der Waals surface area (Å²) in [6, 6.07) is 7.89. The van der Waals surface area contributed by atoms with Crippen molar-refractivity contribution in [3.05, 3.63) is 42.3 Å². The van der Waals surface area contributed by atoms with E-state index in [2.05, 4.69) is 20.6 Å². The molecular weight excluding hydrogens is 247 g/mol. The molecule has 100 valence electrons. The Morgan fingerprint density at radius 3 is 3.00 bits per heavy atom. The Balaban J connectivity index is 2.02. The second kappa shape index (κ2) is 6.65. The highest BCUT2D eigenvalue weighted by molar-refractivity contribution is 5.54. The summed E-state index contributed by atoms with van der Waals surface area (Å²) in [7, 11) is 1.64. The molecule has 0 bridgehead atoms. The molecule has 0 saturated carbocycles. The predicted octanol–water partition coefficient (Wildman–Crippen LogP) is 2.42. The van der Waals surface area contributed by atoms with Crippen LogP contribution in [0, 0.1) is 5.82 Å². The minimum atomic E-state index is -0.306. The molecule has 0 aliphatic heterocycles. The number of nitrogens with one attached hydrogen (secondary N) is 2. The third-order valence-electron chi connectivity index (χ3n) is 2.35. The Morgan fingerprint density at radius 2 is 2.21 bits per heavy atom. The van der Waals surface area contributed by atoms with Crippen LogP contribution in [-0.4, -0.2) is 30.2 Å². The van der Waals surface area contributed by atoms with Gasteiger partial charge in [-0.1, -0.05) is 6.07 Å². The number of benzene rings is 1. The number of hydrogen-bond donors (Lipinski definition) is 2. The minimum Gasteiger partial charge on any atom is -0.383 e. The first-order valence-corrected chi connectivity index (χ1v) is 5.86. The quantitative estimate of drug-likeness (QED) is 0.783. The molecular formula is C13H15FN4O. The lowest BCUT2D eigenvalue weighted by Gasteiger charge is -2.08. The van der Waals surface area contributed by atoms with Gasteiger partial charge in [0.25, 0.3) is 0 Å². The molecule has 0 saturated heterocycles. The van der Waals surface area contributed by atoms with Gasteiger partial charge in [0.1, 0.15) is 11.6 Å². The van der Waals surface area contributed by atoms with Crippen molar-refractivity contribution in [2.24, 2.45) is 0 Å². The summed E-state index contributed by atoms with van der Waals surface area (Å²) in [6.45, 7) is 1.25. The molecule has 0 radical (unpaired) electrons. The molecule has 5 nitrogen and oxygen atoms in total. The maximum atomic E-state index is 13.0. The van der Waals surface area contributed by atoms with Crippen molar-refractivity contribution in [1.82, 2.24) is 9.97 Å². The molecule has 1 heterocycles. The van der Waals surface area contributed by atoms with Gasteiger partial charge in [0, 0.05) is 25.5 Å². The molecule has 1 aromatic heterocycles. The van der Waals surface area contributed by atoms with Crippen LogP contribution < -0.4 is 10.6 Å². The summed E-state index contributed by atoms with van der Waals surface area (Å²) < 4.78 is 18.0. The Hall–Kier alpha value is -2.21. The first kappa shape index (κ1) is 13.2. The van der Waals surface area contributed by atoms with Crippen molar-refractivity contribution >= 4 is 17.5 Å². The van der Waals surface area contributed by atoms with Gasteiger partial charge in [-0.05, 0) is 24.3 Å². The lowest BCUT2D eigenvalue weighted by Crippen LogP contribution is -2.09. The maximum Gasteiger partial charge on any atom is 0.229 e. The summed E-state index contributed by atoms with van der Waals surface area (Å²) in [5, 5.41) is 6.04. The zero-order valence-corrected chi connectivity index (χ0v) is 10.6. The lowest BCUT2D eigenvalue weighted by atomic mass is 10.3. The highest BCUT2D eigenvalue weighted by atomic mass is 19.1. The molecule has 2 N–H and O–H groups in total. The van der Waals surface area contributed by atoms with Crippen LogP contribution in [0.1, 0.15) is 0 Å². The van der Waals surface area contributed by atoms with Gasteiger partial charge in [-0.15, -0.1) is 0 Å². The predicted molar refractivity (Wildman–Crippen MR) is 72.1 cm³/mol. The molecule has 0 amide bonds. The summed E-state index contributed by atoms with van der Waals surface area (Å²) in [6.07, 6.45) is 1.63. The molecule has 0 fully saturated rings. The van der Waals surface area contributed by atoms with Gasteiger partial charge in [0.15, 0.2) is 0 Å². The lowest BCUT2D eigenvalue weighted by molar-refractivity contribution is 0.210. The Labute approximate surface area is 110 Å². The topological polar surface area (TPSA) is 59.1 Å². The number of aromatic nitrogens is 2. The number of halogens is 1. The van der Waals surface area contributed by atoms with Gasteiger partial charge in [0.2, 0.25) is 5.95 Å². The Kier molecular flexibility index (Phi) is 4.63. The summed E-state index contributed by atoms with van der Waals surface area (Å²) in [4.78, 5) is 8.33. The molecule has 0 unspecified atom stereocenters. The zero-order chi connectivity index (χ0) is 13.5. The average molecular weight is 262 g/mol. The van der Waals surface area contributed by atoms with E-state index in [1.807, 2.05) is 0 Å². The summed E-state index contributed by atoms with van der Waals surface area (Å²) in [5.41, 5.74) is 0.606. The van der Waals surface area contributed by atoms with E-state index in [1.54, 1.807) is 31.5 Å². The highest BCUT2D eigenvalue weighted by Gasteiger charge is 2.00. The molecule has 0 atom stereocenters. The van der Waals surface area contributed by atoms with E-state index < -0.39 is 0 Å². The second-order valence-corrected chi connectivity index (χ2v) is 3.82. The summed E-state index contributed by atoms with van der Waals surface area (Å²) in [5.74, 6) is 0.790. The van der Waals surface area contributed by atoms with Crippen molar-refractivity contribution in [3.8, 4) is 0 Å². The van der Waals surface area contributed by atoms with Gasteiger partial charge in [-0.25, -0.2) is 9.37 Å². The highest BCUT2D eigenvalue weighted by Crippen LogP contribution is 2.14. The normalized spacial score (nSPS) is 10.2. The number of nitrogens with zero attached hydrogens (tertiary/aromatic N) is 2. The molecule has 19 heavy (non-hydrogen) atoms. The van der Waals surface area contributed by atoms with Crippen molar-refractivity contribution in [2.75, 3.05) is 30.9 Å². The smallest absolute Gasteiger partial charge is 0.229 e. The van der Waals surface area contributed by atoms with Gasteiger partial charge < -0.3 is 15.4 Å². The van der Waals surface area contributed by atoms with Crippen LogP contribution >= 0.6 is 0 Å². The van der Waals surface area contributed by atoms with Gasteiger partial charge in [0.05, 0.1) is 6.61 Å². The summed E-state index contributed by atoms with van der Waals surface area (Å²) >= 11 is 0. The third-order valence-corrected chi connectivity index (χ3v) is 2.35. The molecule has 2 rings (SSSR count). The largest absolute Gasteiger partial charge is 0.383 e. The van der Waals surface area contributed by atoms with Crippen molar-refractivity contribution in [1.29, 1.82) is 0 Å². The van der Waals surface area contributed by atoms with Gasteiger partial charge >= 0.3 is 0 Å². The van der Waals surface area contributed by atoms with E-state index in [-0.39, 0.29) is 5.82 Å². The molecule has 0 aliphatic rings. The van der Waals surface area contributed by atoms with Crippen LogP contribution in [0.2, 0.25) is 0 Å². The van der Waals surface area contributed by atoms with Crippen molar-refractivity contribution in [3.63, 3.8) is 0 Å². The molecule has 6 heteroatoms. The number of anilines is 3. The third kappa shape index (κ3) is 4.18. The fourth-order valence-electron chi connectivity index (χ4n) is 1.49. The van der Waals surface area contributed by atoms with E-state index in [1.165, 1.54) is 12.1 Å². The van der Waals surface area contributed by atoms with E-state index >= 15 is 0 Å². The van der Waals surface area contributed by atoms with E-state index in [9.17, 15) is 4.39 Å². The van der Waals surface area contributed by atoms with Crippen LogP contribution in [0.3, 0.4) is 0 Å². The average Bonchev–Trinajstić information content (AvgIpc) is 2.39. The first-order chi connectivity index (χ1) is 9.28. The van der Waals surface area contributed by atoms with Crippen molar-refractivity contribution in [2.45, 2.75) is 0 Å². The fourth-order valence-corrected chi connectivity index (χ4v) is 1.49. The van der Waals surface area contributed by atoms with Crippen LogP contribution in [0.5, 0.6) is 0 Å². The number of rotatable bonds is 6. The first-order valence-electron chi connectivity index (χ1n) is 5.86. The second-order valence-electron chi connectivity index (χ2n) is 3.82. The Bertz CT molecular complexity index is 536. The molecule has 1 aromatic carbocycles. The van der Waals surface area contributed by atoms with E-state index in [0.29, 0.717) is 30.6 Å². The molecule has 2 aromatic rings. The SMILES string of the molecule is COCCNc1ccnc(Nc2cccc(F)c2)n1. The van der Waals surface area contributed by atoms with E-state index in [0.717, 1.165) is 0 Å². The molecule has 0 spiro atoms. The van der Waals surface area contributed by atoms with Crippen molar-refractivity contribution < 1.29 is 9.13 Å².